The molecule has 0 saturated carbocycles. The van der Waals surface area contributed by atoms with Crippen molar-refractivity contribution >= 4 is 44.9 Å². The average molecular weight is 428 g/mol. The third-order valence-corrected chi connectivity index (χ3v) is 4.80. The van der Waals surface area contributed by atoms with E-state index in [2.05, 4.69) is 15.9 Å². The number of carbonyl (C=O) groups excluding carboxylic acids is 2. The zero-order chi connectivity index (χ0) is 18.7. The maximum Gasteiger partial charge on any atom is 0.293 e. The van der Waals surface area contributed by atoms with Crippen LogP contribution in [0.5, 0.6) is 11.5 Å². The highest BCUT2D eigenvalue weighted by Gasteiger charge is 2.36. The Balaban J connectivity index is 2.40. The molecule has 1 heterocycles. The third kappa shape index (κ3) is 4.58. The van der Waals surface area contributed by atoms with E-state index in [0.29, 0.717) is 23.0 Å². The lowest BCUT2D eigenvalue weighted by atomic mass is 10.1. The maximum atomic E-state index is 12.4. The van der Waals surface area contributed by atoms with Crippen molar-refractivity contribution < 1.29 is 19.1 Å². The van der Waals surface area contributed by atoms with E-state index in [1.165, 1.54) is 4.90 Å². The minimum atomic E-state index is -0.262. The second-order valence-corrected chi connectivity index (χ2v) is 7.92. The monoisotopic (exact) mass is 427 g/mol. The molecule has 0 spiro atoms. The van der Waals surface area contributed by atoms with Gasteiger partial charge < -0.3 is 9.47 Å². The lowest BCUT2D eigenvalue weighted by Crippen LogP contribution is -2.34. The van der Waals surface area contributed by atoms with Crippen LogP contribution in [-0.4, -0.2) is 34.8 Å². The van der Waals surface area contributed by atoms with E-state index in [1.807, 2.05) is 46.8 Å². The first-order chi connectivity index (χ1) is 11.7. The minimum Gasteiger partial charge on any atom is -0.490 e. The van der Waals surface area contributed by atoms with Crippen molar-refractivity contribution in [1.29, 1.82) is 0 Å². The van der Waals surface area contributed by atoms with Crippen LogP contribution in [0.15, 0.2) is 21.5 Å². The summed E-state index contributed by atoms with van der Waals surface area (Å²) in [7, 11) is 0. The van der Waals surface area contributed by atoms with Crippen molar-refractivity contribution in [3.63, 3.8) is 0 Å². The average Bonchev–Trinajstić information content (AvgIpc) is 2.77. The molecule has 0 bridgehead atoms. The van der Waals surface area contributed by atoms with E-state index in [1.54, 1.807) is 6.08 Å². The van der Waals surface area contributed by atoms with Crippen LogP contribution in [-0.2, 0) is 4.79 Å². The largest absolute Gasteiger partial charge is 0.490 e. The summed E-state index contributed by atoms with van der Waals surface area (Å²) in [5.41, 5.74) is 0.765. The molecule has 136 valence electrons. The summed E-state index contributed by atoms with van der Waals surface area (Å²) in [6, 6.07) is 3.50. The van der Waals surface area contributed by atoms with Crippen LogP contribution in [0.4, 0.5) is 4.79 Å². The number of ether oxygens (including phenoxy) is 2. The number of amides is 2. The molecule has 2 amide bonds. The second kappa shape index (κ2) is 8.27. The zero-order valence-corrected chi connectivity index (χ0v) is 17.4. The van der Waals surface area contributed by atoms with Gasteiger partial charge in [0.1, 0.15) is 0 Å². The van der Waals surface area contributed by atoms with Gasteiger partial charge in [0, 0.05) is 6.04 Å². The van der Waals surface area contributed by atoms with Crippen molar-refractivity contribution in [2.45, 2.75) is 46.8 Å². The number of halogens is 1. The molecule has 0 aliphatic carbocycles. The Morgan fingerprint density at radius 1 is 1.24 bits per heavy atom. The fourth-order valence-electron chi connectivity index (χ4n) is 2.36. The normalized spacial score (nSPS) is 16.5. The van der Waals surface area contributed by atoms with E-state index >= 15 is 0 Å². The Bertz CT molecular complexity index is 715. The van der Waals surface area contributed by atoms with Gasteiger partial charge in [-0.05, 0) is 86.1 Å². The number of benzene rings is 1. The summed E-state index contributed by atoms with van der Waals surface area (Å²) in [6.07, 6.45) is 1.71. The fourth-order valence-corrected chi connectivity index (χ4v) is 3.87. The number of rotatable bonds is 6. The SMILES string of the molecule is CCOc1cc(/C=C2/SC(=O)N(C(C)C)C2=O)cc(Br)c1OC(C)C. The molecule has 0 N–H and O–H groups in total. The van der Waals surface area contributed by atoms with E-state index in [-0.39, 0.29) is 23.3 Å². The molecule has 1 aliphatic heterocycles. The molecule has 0 unspecified atom stereocenters. The molecule has 2 rings (SSSR count). The van der Waals surface area contributed by atoms with E-state index < -0.39 is 0 Å². The predicted molar refractivity (Wildman–Crippen MR) is 104 cm³/mol. The Morgan fingerprint density at radius 3 is 2.44 bits per heavy atom. The highest BCUT2D eigenvalue weighted by Crippen LogP contribution is 2.40. The summed E-state index contributed by atoms with van der Waals surface area (Å²) in [5.74, 6) is 0.964. The van der Waals surface area contributed by atoms with Gasteiger partial charge >= 0.3 is 0 Å². The van der Waals surface area contributed by atoms with Gasteiger partial charge in [0.2, 0.25) is 0 Å². The Kier molecular flexibility index (Phi) is 6.57. The molecule has 1 aliphatic rings. The molecular weight excluding hydrogens is 406 g/mol. The van der Waals surface area contributed by atoms with Gasteiger partial charge in [-0.3, -0.25) is 14.5 Å². The summed E-state index contributed by atoms with van der Waals surface area (Å²) in [5, 5.41) is -0.241. The lowest BCUT2D eigenvalue weighted by molar-refractivity contribution is -0.123. The minimum absolute atomic E-state index is 0.00361. The molecular formula is C18H22BrNO4S. The number of carbonyl (C=O) groups is 2. The number of imide groups is 1. The van der Waals surface area contributed by atoms with Gasteiger partial charge in [-0.15, -0.1) is 0 Å². The molecule has 1 aromatic rings. The van der Waals surface area contributed by atoms with Crippen LogP contribution < -0.4 is 9.47 Å². The van der Waals surface area contributed by atoms with E-state index in [9.17, 15) is 9.59 Å². The van der Waals surface area contributed by atoms with Crippen LogP contribution >= 0.6 is 27.7 Å². The first-order valence-electron chi connectivity index (χ1n) is 8.14. The number of hydrogen-bond acceptors (Lipinski definition) is 5. The number of hydrogen-bond donors (Lipinski definition) is 0. The van der Waals surface area contributed by atoms with Gasteiger partial charge in [-0.25, -0.2) is 0 Å². The van der Waals surface area contributed by atoms with Gasteiger partial charge in [0.05, 0.1) is 22.1 Å². The zero-order valence-electron chi connectivity index (χ0n) is 15.0. The van der Waals surface area contributed by atoms with Crippen LogP contribution in [0.3, 0.4) is 0 Å². The predicted octanol–water partition coefficient (Wildman–Crippen LogP) is 5.08. The van der Waals surface area contributed by atoms with Crippen LogP contribution in [0.2, 0.25) is 0 Å². The van der Waals surface area contributed by atoms with Crippen molar-refractivity contribution in [3.05, 3.63) is 27.1 Å². The molecule has 1 saturated heterocycles. The van der Waals surface area contributed by atoms with Crippen molar-refractivity contribution in [2.24, 2.45) is 0 Å². The van der Waals surface area contributed by atoms with Crippen molar-refractivity contribution in [2.75, 3.05) is 6.61 Å². The number of thioether (sulfide) groups is 1. The van der Waals surface area contributed by atoms with E-state index in [4.69, 9.17) is 9.47 Å². The van der Waals surface area contributed by atoms with Gasteiger partial charge in [-0.1, -0.05) is 0 Å². The molecule has 25 heavy (non-hydrogen) atoms. The standard InChI is InChI=1S/C18H22BrNO4S/c1-6-23-14-8-12(7-13(19)16(14)24-11(4)5)9-15-17(21)20(10(2)3)18(22)25-15/h7-11H,6H2,1-5H3/b15-9+. The Morgan fingerprint density at radius 2 is 1.92 bits per heavy atom. The van der Waals surface area contributed by atoms with Gasteiger partial charge in [-0.2, -0.15) is 0 Å². The summed E-state index contributed by atoms with van der Waals surface area (Å²) in [4.78, 5) is 26.1. The first kappa shape index (κ1) is 19.8. The molecule has 1 fully saturated rings. The van der Waals surface area contributed by atoms with E-state index in [0.717, 1.165) is 21.8 Å². The van der Waals surface area contributed by atoms with Crippen molar-refractivity contribution in [3.8, 4) is 11.5 Å². The van der Waals surface area contributed by atoms with Crippen LogP contribution in [0.1, 0.15) is 40.2 Å². The highest BCUT2D eigenvalue weighted by atomic mass is 79.9. The molecule has 5 nitrogen and oxygen atoms in total. The van der Waals surface area contributed by atoms with Gasteiger partial charge in [0.25, 0.3) is 11.1 Å². The Labute approximate surface area is 160 Å². The van der Waals surface area contributed by atoms with Crippen LogP contribution in [0.25, 0.3) is 6.08 Å². The Hall–Kier alpha value is -1.47. The quantitative estimate of drug-likeness (QED) is 0.592. The molecule has 7 heteroatoms. The summed E-state index contributed by atoms with van der Waals surface area (Å²) >= 11 is 4.46. The summed E-state index contributed by atoms with van der Waals surface area (Å²) in [6.45, 7) is 9.92. The maximum absolute atomic E-state index is 12.4. The van der Waals surface area contributed by atoms with Crippen molar-refractivity contribution in [1.82, 2.24) is 4.90 Å². The smallest absolute Gasteiger partial charge is 0.293 e. The molecule has 0 atom stereocenters. The lowest BCUT2D eigenvalue weighted by Gasteiger charge is -2.17. The molecule has 0 radical (unpaired) electrons. The molecule has 1 aromatic carbocycles. The molecule has 0 aromatic heterocycles. The second-order valence-electron chi connectivity index (χ2n) is 6.08. The van der Waals surface area contributed by atoms with Crippen LogP contribution in [0, 0.1) is 0 Å². The van der Waals surface area contributed by atoms with Gasteiger partial charge in [0.15, 0.2) is 11.5 Å². The number of nitrogens with zero attached hydrogens (tertiary/aromatic N) is 1. The highest BCUT2D eigenvalue weighted by molar-refractivity contribution is 9.10. The fraction of sp³-hybridized carbons (Fsp3) is 0.444. The third-order valence-electron chi connectivity index (χ3n) is 3.32. The first-order valence-corrected chi connectivity index (χ1v) is 9.75. The topological polar surface area (TPSA) is 55.8 Å². The summed E-state index contributed by atoms with van der Waals surface area (Å²) < 4.78 is 12.2.